The number of aliphatic hydroxyl groups is 1. The minimum absolute atomic E-state index is 0.0328. The van der Waals surface area contributed by atoms with E-state index in [1.807, 2.05) is 61.3 Å². The third-order valence-electron chi connectivity index (χ3n) is 6.09. The number of hydrogen-bond donors (Lipinski definition) is 2. The second-order valence-electron chi connectivity index (χ2n) is 7.90. The topological polar surface area (TPSA) is 65.7 Å². The number of benzene rings is 2. The molecule has 5 heteroatoms. The highest BCUT2D eigenvalue weighted by Gasteiger charge is 2.33. The highest BCUT2D eigenvalue weighted by atomic mass is 16.3. The lowest BCUT2D eigenvalue weighted by atomic mass is 10.0. The molecule has 1 heterocycles. The van der Waals surface area contributed by atoms with Crippen molar-refractivity contribution in [3.63, 3.8) is 0 Å². The monoisotopic (exact) mass is 392 g/mol. The zero-order valence-corrected chi connectivity index (χ0v) is 17.0. The molecule has 1 fully saturated rings. The number of nitrogens with one attached hydrogen (secondary N) is 1. The molecule has 5 nitrogen and oxygen atoms in total. The van der Waals surface area contributed by atoms with Gasteiger partial charge in [0.25, 0.3) is 5.91 Å². The van der Waals surface area contributed by atoms with Gasteiger partial charge in [-0.2, -0.15) is 0 Å². The van der Waals surface area contributed by atoms with E-state index in [0.717, 1.165) is 47.9 Å². The van der Waals surface area contributed by atoms with E-state index >= 15 is 0 Å². The van der Waals surface area contributed by atoms with E-state index < -0.39 is 6.23 Å². The molecule has 1 saturated carbocycles. The maximum absolute atomic E-state index is 13.0. The van der Waals surface area contributed by atoms with Gasteiger partial charge in [0.1, 0.15) is 11.8 Å². The Labute approximate surface area is 171 Å². The molecular formula is C24H28N2O3. The number of hydrogen-bond acceptors (Lipinski definition) is 4. The summed E-state index contributed by atoms with van der Waals surface area (Å²) in [5.41, 5.74) is 3.73. The summed E-state index contributed by atoms with van der Waals surface area (Å²) in [4.78, 5) is 14.8. The third kappa shape index (κ3) is 4.07. The molecule has 2 aromatic carbocycles. The Balaban J connectivity index is 1.43. The molecule has 2 N–H and O–H groups in total. The molecule has 3 atom stereocenters. The summed E-state index contributed by atoms with van der Waals surface area (Å²) in [5.74, 6) is 0.237. The largest absolute Gasteiger partial charge is 0.464 e. The number of carbonyl (C=O) groups is 1. The molecule has 1 aliphatic carbocycles. The van der Waals surface area contributed by atoms with Crippen LogP contribution in [0.1, 0.15) is 36.5 Å². The number of furan rings is 1. The van der Waals surface area contributed by atoms with Crippen LogP contribution in [0.5, 0.6) is 0 Å². The van der Waals surface area contributed by atoms with Gasteiger partial charge in [-0.05, 0) is 67.3 Å². The maximum atomic E-state index is 13.0. The SMILES string of the molecule is CCNC(O)C1CCC(N(C)C(=O)c2ccc(-c3ccc4occc4c3)cc2)C1. The van der Waals surface area contributed by atoms with Crippen molar-refractivity contribution in [3.8, 4) is 11.1 Å². The third-order valence-corrected chi connectivity index (χ3v) is 6.09. The summed E-state index contributed by atoms with van der Waals surface area (Å²) in [7, 11) is 1.87. The number of rotatable bonds is 6. The second kappa shape index (κ2) is 8.39. The first-order chi connectivity index (χ1) is 14.1. The highest BCUT2D eigenvalue weighted by Crippen LogP contribution is 2.31. The molecule has 1 aromatic heterocycles. The zero-order chi connectivity index (χ0) is 20.4. The fraction of sp³-hybridized carbons (Fsp3) is 0.375. The van der Waals surface area contributed by atoms with Crippen LogP contribution in [-0.4, -0.2) is 41.8 Å². The van der Waals surface area contributed by atoms with Crippen molar-refractivity contribution < 1.29 is 14.3 Å². The van der Waals surface area contributed by atoms with Crippen molar-refractivity contribution in [1.82, 2.24) is 10.2 Å². The van der Waals surface area contributed by atoms with Gasteiger partial charge in [-0.1, -0.05) is 25.1 Å². The Morgan fingerprint density at radius 2 is 1.93 bits per heavy atom. The summed E-state index contributed by atoms with van der Waals surface area (Å²) in [6.45, 7) is 2.74. The molecule has 0 radical (unpaired) electrons. The Hall–Kier alpha value is -2.63. The van der Waals surface area contributed by atoms with Gasteiger partial charge in [0.2, 0.25) is 0 Å². The minimum Gasteiger partial charge on any atom is -0.464 e. The number of carbonyl (C=O) groups excluding carboxylic acids is 1. The van der Waals surface area contributed by atoms with Crippen molar-refractivity contribution in [3.05, 3.63) is 60.4 Å². The van der Waals surface area contributed by atoms with E-state index in [0.29, 0.717) is 5.56 Å². The summed E-state index contributed by atoms with van der Waals surface area (Å²) >= 11 is 0. The van der Waals surface area contributed by atoms with E-state index in [1.165, 1.54) is 0 Å². The fourth-order valence-corrected chi connectivity index (χ4v) is 4.33. The molecular weight excluding hydrogens is 364 g/mol. The molecule has 3 unspecified atom stereocenters. The van der Waals surface area contributed by atoms with Crippen molar-refractivity contribution >= 4 is 16.9 Å². The second-order valence-corrected chi connectivity index (χ2v) is 7.90. The van der Waals surface area contributed by atoms with Gasteiger partial charge in [-0.15, -0.1) is 0 Å². The average Bonchev–Trinajstić information content (AvgIpc) is 3.42. The highest BCUT2D eigenvalue weighted by molar-refractivity contribution is 5.95. The van der Waals surface area contributed by atoms with Crippen molar-refractivity contribution in [2.45, 2.75) is 38.5 Å². The van der Waals surface area contributed by atoms with Crippen LogP contribution in [0.15, 0.2) is 59.2 Å². The first kappa shape index (κ1) is 19.7. The standard InChI is InChI=1S/C24H28N2O3/c1-3-25-23(27)20-8-10-21(15-20)26(2)24(28)17-6-4-16(5-7-17)18-9-11-22-19(14-18)12-13-29-22/h4-7,9,11-14,20-21,23,25,27H,3,8,10,15H2,1-2H3. The number of fused-ring (bicyclic) bond motifs is 1. The molecule has 3 aromatic rings. The van der Waals surface area contributed by atoms with Crippen molar-refractivity contribution in [2.75, 3.05) is 13.6 Å². The molecule has 1 aliphatic rings. The molecule has 29 heavy (non-hydrogen) atoms. The quantitative estimate of drug-likeness (QED) is 0.615. The van der Waals surface area contributed by atoms with E-state index in [-0.39, 0.29) is 17.9 Å². The molecule has 1 amide bonds. The van der Waals surface area contributed by atoms with Crippen LogP contribution in [0.4, 0.5) is 0 Å². The average molecular weight is 392 g/mol. The van der Waals surface area contributed by atoms with Gasteiger partial charge in [0.05, 0.1) is 6.26 Å². The Morgan fingerprint density at radius 3 is 2.69 bits per heavy atom. The summed E-state index contributed by atoms with van der Waals surface area (Å²) in [6.07, 6.45) is 3.90. The van der Waals surface area contributed by atoms with Crippen LogP contribution in [-0.2, 0) is 0 Å². The Kier molecular flexibility index (Phi) is 5.69. The van der Waals surface area contributed by atoms with Crippen LogP contribution in [0.2, 0.25) is 0 Å². The Morgan fingerprint density at radius 1 is 1.17 bits per heavy atom. The molecule has 0 spiro atoms. The predicted octanol–water partition coefficient (Wildman–Crippen LogP) is 4.27. The first-order valence-corrected chi connectivity index (χ1v) is 10.3. The van der Waals surface area contributed by atoms with Crippen LogP contribution >= 0.6 is 0 Å². The number of nitrogens with zero attached hydrogens (tertiary/aromatic N) is 1. The van der Waals surface area contributed by atoms with Crippen LogP contribution in [0, 0.1) is 5.92 Å². The molecule has 152 valence electrons. The lowest BCUT2D eigenvalue weighted by Gasteiger charge is -2.26. The zero-order valence-electron chi connectivity index (χ0n) is 17.0. The van der Waals surface area contributed by atoms with Gasteiger partial charge in [-0.3, -0.25) is 10.1 Å². The number of amides is 1. The minimum atomic E-state index is -0.486. The van der Waals surface area contributed by atoms with Gasteiger partial charge in [0.15, 0.2) is 0 Å². The smallest absolute Gasteiger partial charge is 0.253 e. The van der Waals surface area contributed by atoms with Gasteiger partial charge < -0.3 is 14.4 Å². The summed E-state index contributed by atoms with van der Waals surface area (Å²) in [5, 5.41) is 14.3. The van der Waals surface area contributed by atoms with Gasteiger partial charge in [-0.25, -0.2) is 0 Å². The summed E-state index contributed by atoms with van der Waals surface area (Å²) < 4.78 is 5.40. The van der Waals surface area contributed by atoms with E-state index in [2.05, 4.69) is 11.4 Å². The molecule has 0 bridgehead atoms. The fourth-order valence-electron chi connectivity index (χ4n) is 4.33. The van der Waals surface area contributed by atoms with Gasteiger partial charge >= 0.3 is 0 Å². The molecule has 0 saturated heterocycles. The van der Waals surface area contributed by atoms with E-state index in [9.17, 15) is 9.90 Å². The number of aliphatic hydroxyl groups excluding tert-OH is 1. The normalized spacial score (nSPS) is 20.1. The molecule has 0 aliphatic heterocycles. The van der Waals surface area contributed by atoms with Crippen molar-refractivity contribution in [2.24, 2.45) is 5.92 Å². The van der Waals surface area contributed by atoms with Gasteiger partial charge in [0, 0.05) is 30.0 Å². The van der Waals surface area contributed by atoms with Crippen LogP contribution < -0.4 is 5.32 Å². The summed E-state index contributed by atoms with van der Waals surface area (Å²) in [6, 6.07) is 16.0. The Bertz CT molecular complexity index is 979. The van der Waals surface area contributed by atoms with E-state index in [1.54, 1.807) is 6.26 Å². The maximum Gasteiger partial charge on any atom is 0.253 e. The predicted molar refractivity (Wildman–Crippen MR) is 115 cm³/mol. The lowest BCUT2D eigenvalue weighted by molar-refractivity contribution is 0.0650. The van der Waals surface area contributed by atoms with E-state index in [4.69, 9.17) is 4.42 Å². The molecule has 4 rings (SSSR count). The van der Waals surface area contributed by atoms with Crippen molar-refractivity contribution in [1.29, 1.82) is 0 Å². The van der Waals surface area contributed by atoms with Crippen LogP contribution in [0.3, 0.4) is 0 Å². The van der Waals surface area contributed by atoms with Crippen LogP contribution in [0.25, 0.3) is 22.1 Å². The lowest BCUT2D eigenvalue weighted by Crippen LogP contribution is -2.38. The first-order valence-electron chi connectivity index (χ1n) is 10.3.